The monoisotopic (exact) mass is 319 g/mol. The molecule has 0 spiro atoms. The van der Waals surface area contributed by atoms with Crippen molar-refractivity contribution in [2.24, 2.45) is 7.05 Å². The Hall–Kier alpha value is -3.28. The van der Waals surface area contributed by atoms with Crippen molar-refractivity contribution in [3.63, 3.8) is 0 Å². The van der Waals surface area contributed by atoms with Crippen LogP contribution in [-0.2, 0) is 7.05 Å². The fraction of sp³-hybridized carbons (Fsp3) is 0.0556. The first-order chi connectivity index (χ1) is 11.7. The Morgan fingerprint density at radius 2 is 1.83 bits per heavy atom. The Balaban J connectivity index is 1.66. The van der Waals surface area contributed by atoms with E-state index in [-0.39, 0.29) is 5.65 Å². The third kappa shape index (κ3) is 2.58. The molecular weight excluding hydrogens is 305 g/mol. The lowest BCUT2D eigenvalue weighted by molar-refractivity contribution is 0.627. The van der Waals surface area contributed by atoms with E-state index in [1.807, 2.05) is 54.2 Å². The van der Waals surface area contributed by atoms with Crippen molar-refractivity contribution in [3.8, 4) is 11.3 Å². The summed E-state index contributed by atoms with van der Waals surface area (Å²) in [6.45, 7) is 0. The van der Waals surface area contributed by atoms with Crippen molar-refractivity contribution in [2.75, 3.05) is 0 Å². The minimum absolute atomic E-state index is 0.210. The van der Waals surface area contributed by atoms with E-state index in [1.54, 1.807) is 18.3 Å². The molecule has 0 amide bonds. The highest BCUT2D eigenvalue weighted by Crippen LogP contribution is 2.18. The maximum atomic E-state index is 13.7. The van der Waals surface area contributed by atoms with Crippen LogP contribution in [0.15, 0.2) is 54.9 Å². The van der Waals surface area contributed by atoms with Crippen LogP contribution >= 0.6 is 0 Å². The zero-order chi connectivity index (χ0) is 16.5. The molecule has 5 nitrogen and oxygen atoms in total. The highest BCUT2D eigenvalue weighted by molar-refractivity contribution is 5.67. The molecule has 0 aliphatic carbocycles. The summed E-state index contributed by atoms with van der Waals surface area (Å²) < 4.78 is 17.0. The summed E-state index contributed by atoms with van der Waals surface area (Å²) in [7, 11) is 1.93. The van der Waals surface area contributed by atoms with Gasteiger partial charge in [-0.25, -0.2) is 18.9 Å². The van der Waals surface area contributed by atoms with E-state index in [9.17, 15) is 4.39 Å². The molecule has 1 aromatic carbocycles. The van der Waals surface area contributed by atoms with Crippen LogP contribution in [0.5, 0.6) is 0 Å². The lowest BCUT2D eigenvalue weighted by atomic mass is 10.2. The molecule has 0 radical (unpaired) electrons. The highest BCUT2D eigenvalue weighted by atomic mass is 19.1. The molecule has 0 aliphatic rings. The van der Waals surface area contributed by atoms with E-state index < -0.39 is 5.82 Å². The van der Waals surface area contributed by atoms with Gasteiger partial charge in [-0.05, 0) is 24.3 Å². The van der Waals surface area contributed by atoms with Crippen LogP contribution in [0.3, 0.4) is 0 Å². The largest absolute Gasteiger partial charge is 0.334 e. The zero-order valence-electron chi connectivity index (χ0n) is 13.0. The van der Waals surface area contributed by atoms with Gasteiger partial charge in [0.25, 0.3) is 0 Å². The number of rotatable bonds is 3. The van der Waals surface area contributed by atoms with Gasteiger partial charge in [-0.2, -0.15) is 0 Å². The molecule has 0 aliphatic heterocycles. The minimum atomic E-state index is -0.395. The van der Waals surface area contributed by atoms with Crippen LogP contribution in [0.1, 0.15) is 11.6 Å². The van der Waals surface area contributed by atoms with Gasteiger partial charge in [0, 0.05) is 25.0 Å². The molecule has 4 aromatic rings. The topological polar surface area (TPSA) is 48.0 Å². The second-order valence-corrected chi connectivity index (χ2v) is 5.39. The van der Waals surface area contributed by atoms with Crippen molar-refractivity contribution < 1.29 is 4.39 Å². The zero-order valence-corrected chi connectivity index (χ0v) is 13.0. The fourth-order valence-corrected chi connectivity index (χ4v) is 2.49. The molecule has 4 rings (SSSR count). The average Bonchev–Trinajstić information content (AvgIpc) is 3.18. The molecule has 0 N–H and O–H groups in total. The molecule has 0 atom stereocenters. The molecule has 0 fully saturated rings. The number of fused-ring (bicyclic) bond motifs is 1. The van der Waals surface area contributed by atoms with Gasteiger partial charge in [0.2, 0.25) is 0 Å². The van der Waals surface area contributed by atoms with E-state index in [0.717, 1.165) is 17.1 Å². The average molecular weight is 319 g/mol. The predicted octanol–water partition coefficient (Wildman–Crippen LogP) is 3.44. The molecular formula is C18H14FN5. The number of aromatic nitrogens is 5. The normalized spacial score (nSPS) is 11.6. The first-order valence-corrected chi connectivity index (χ1v) is 7.48. The SMILES string of the molecule is Cn1cc(-c2ccccc2)nc1C=Cc1nc2c(F)cccn2n1. The molecule has 3 aromatic heterocycles. The van der Waals surface area contributed by atoms with Crippen molar-refractivity contribution >= 4 is 17.8 Å². The van der Waals surface area contributed by atoms with Gasteiger partial charge in [-0.3, -0.25) is 0 Å². The summed E-state index contributed by atoms with van der Waals surface area (Å²) in [5.41, 5.74) is 2.16. The summed E-state index contributed by atoms with van der Waals surface area (Å²) in [5, 5.41) is 4.22. The van der Waals surface area contributed by atoms with Crippen LogP contribution in [-0.4, -0.2) is 24.1 Å². The standard InChI is InChI=1S/C18H14FN5/c1-23-12-15(13-6-3-2-4-7-13)20-17(23)10-9-16-21-18-14(19)8-5-11-24(18)22-16/h2-12H,1H3. The Morgan fingerprint density at radius 3 is 2.62 bits per heavy atom. The van der Waals surface area contributed by atoms with E-state index in [0.29, 0.717) is 5.82 Å². The first kappa shape index (κ1) is 14.3. The number of imidazole rings is 1. The molecule has 0 saturated heterocycles. The third-order valence-electron chi connectivity index (χ3n) is 3.69. The van der Waals surface area contributed by atoms with Crippen LogP contribution in [0, 0.1) is 5.82 Å². The van der Waals surface area contributed by atoms with Crippen molar-refractivity contribution in [2.45, 2.75) is 0 Å². The van der Waals surface area contributed by atoms with E-state index in [4.69, 9.17) is 0 Å². The minimum Gasteiger partial charge on any atom is -0.334 e. The Labute approximate surface area is 137 Å². The van der Waals surface area contributed by atoms with Gasteiger partial charge in [0.05, 0.1) is 5.69 Å². The lowest BCUT2D eigenvalue weighted by Gasteiger charge is -1.92. The maximum Gasteiger partial charge on any atom is 0.191 e. The van der Waals surface area contributed by atoms with Gasteiger partial charge in [-0.15, -0.1) is 5.10 Å². The Kier molecular flexibility index (Phi) is 3.42. The number of pyridine rings is 1. The van der Waals surface area contributed by atoms with Gasteiger partial charge < -0.3 is 4.57 Å². The Bertz CT molecular complexity index is 1030. The molecule has 24 heavy (non-hydrogen) atoms. The number of hydrogen-bond acceptors (Lipinski definition) is 3. The number of halogens is 1. The number of benzene rings is 1. The smallest absolute Gasteiger partial charge is 0.191 e. The second kappa shape index (κ2) is 5.73. The summed E-state index contributed by atoms with van der Waals surface area (Å²) in [4.78, 5) is 8.78. The van der Waals surface area contributed by atoms with Gasteiger partial charge in [0.1, 0.15) is 5.82 Å². The summed E-state index contributed by atoms with van der Waals surface area (Å²) in [5.74, 6) is 0.811. The third-order valence-corrected chi connectivity index (χ3v) is 3.69. The summed E-state index contributed by atoms with van der Waals surface area (Å²) in [6, 6.07) is 12.9. The van der Waals surface area contributed by atoms with Crippen molar-refractivity contribution in [3.05, 3.63) is 72.3 Å². The Morgan fingerprint density at radius 1 is 1.00 bits per heavy atom. The van der Waals surface area contributed by atoms with Gasteiger partial charge in [0.15, 0.2) is 17.3 Å². The maximum absolute atomic E-state index is 13.7. The van der Waals surface area contributed by atoms with Crippen LogP contribution in [0.2, 0.25) is 0 Å². The molecule has 3 heterocycles. The first-order valence-electron chi connectivity index (χ1n) is 7.48. The molecule has 6 heteroatoms. The van der Waals surface area contributed by atoms with Crippen LogP contribution < -0.4 is 0 Å². The summed E-state index contributed by atoms with van der Waals surface area (Å²) in [6.07, 6.45) is 7.17. The number of nitrogens with zero attached hydrogens (tertiary/aromatic N) is 5. The number of hydrogen-bond donors (Lipinski definition) is 0. The van der Waals surface area contributed by atoms with Crippen molar-refractivity contribution in [1.29, 1.82) is 0 Å². The van der Waals surface area contributed by atoms with Gasteiger partial charge >= 0.3 is 0 Å². The van der Waals surface area contributed by atoms with E-state index >= 15 is 0 Å². The number of aryl methyl sites for hydroxylation is 1. The van der Waals surface area contributed by atoms with Crippen molar-refractivity contribution in [1.82, 2.24) is 24.1 Å². The second-order valence-electron chi connectivity index (χ2n) is 5.39. The molecule has 0 unspecified atom stereocenters. The molecule has 0 bridgehead atoms. The lowest BCUT2D eigenvalue weighted by Crippen LogP contribution is -1.89. The van der Waals surface area contributed by atoms with Crippen LogP contribution in [0.25, 0.3) is 29.1 Å². The van der Waals surface area contributed by atoms with E-state index in [1.165, 1.54) is 10.6 Å². The molecule has 118 valence electrons. The van der Waals surface area contributed by atoms with Crippen LogP contribution in [0.4, 0.5) is 4.39 Å². The summed E-state index contributed by atoms with van der Waals surface area (Å²) >= 11 is 0. The van der Waals surface area contributed by atoms with Gasteiger partial charge in [-0.1, -0.05) is 30.3 Å². The highest BCUT2D eigenvalue weighted by Gasteiger charge is 2.07. The molecule has 0 saturated carbocycles. The fourth-order valence-electron chi connectivity index (χ4n) is 2.49. The predicted molar refractivity (Wildman–Crippen MR) is 90.5 cm³/mol. The van der Waals surface area contributed by atoms with E-state index in [2.05, 4.69) is 15.1 Å². The quantitative estimate of drug-likeness (QED) is 0.581.